The monoisotopic (exact) mass is 324 g/mol. The standard InChI is InChI=1S/C14H10ClFN2O2S/c1-9-2-4-11(16)7-14(9)21(19,20)18-13-6-10(8-17)3-5-12(13)15/h2-7,18H,1H3. The molecule has 21 heavy (non-hydrogen) atoms. The van der Waals surface area contributed by atoms with E-state index in [-0.39, 0.29) is 21.2 Å². The number of hydrogen-bond donors (Lipinski definition) is 1. The van der Waals surface area contributed by atoms with Crippen LogP contribution in [0.3, 0.4) is 0 Å². The molecule has 7 heteroatoms. The van der Waals surface area contributed by atoms with E-state index < -0.39 is 15.8 Å². The molecule has 2 aromatic carbocycles. The molecule has 0 unspecified atom stereocenters. The minimum Gasteiger partial charge on any atom is -0.278 e. The SMILES string of the molecule is Cc1ccc(F)cc1S(=O)(=O)Nc1cc(C#N)ccc1Cl. The Morgan fingerprint density at radius 2 is 1.95 bits per heavy atom. The first-order chi connectivity index (χ1) is 9.83. The minimum atomic E-state index is -4.00. The molecule has 0 aliphatic carbocycles. The molecule has 0 radical (unpaired) electrons. The van der Waals surface area contributed by atoms with Crippen molar-refractivity contribution in [2.75, 3.05) is 4.72 Å². The molecule has 0 fully saturated rings. The molecule has 0 atom stereocenters. The van der Waals surface area contributed by atoms with Gasteiger partial charge in [0.05, 0.1) is 27.2 Å². The predicted molar refractivity (Wildman–Crippen MR) is 78.1 cm³/mol. The average Bonchev–Trinajstić information content (AvgIpc) is 2.43. The van der Waals surface area contributed by atoms with E-state index in [0.717, 1.165) is 6.07 Å². The van der Waals surface area contributed by atoms with Crippen molar-refractivity contribution in [1.29, 1.82) is 5.26 Å². The number of benzene rings is 2. The molecule has 2 rings (SSSR count). The van der Waals surface area contributed by atoms with Crippen LogP contribution in [-0.4, -0.2) is 8.42 Å². The molecule has 0 spiro atoms. The summed E-state index contributed by atoms with van der Waals surface area (Å²) in [5.74, 6) is -0.655. The van der Waals surface area contributed by atoms with Crippen molar-refractivity contribution in [3.05, 3.63) is 58.4 Å². The van der Waals surface area contributed by atoms with Crippen molar-refractivity contribution >= 4 is 27.3 Å². The molecule has 2 aromatic rings. The van der Waals surface area contributed by atoms with Gasteiger partial charge in [-0.2, -0.15) is 5.26 Å². The molecule has 108 valence electrons. The maximum atomic E-state index is 13.3. The van der Waals surface area contributed by atoms with Crippen LogP contribution in [0.15, 0.2) is 41.3 Å². The minimum absolute atomic E-state index is 0.0689. The van der Waals surface area contributed by atoms with E-state index in [4.69, 9.17) is 16.9 Å². The van der Waals surface area contributed by atoms with Gasteiger partial charge in [-0.1, -0.05) is 17.7 Å². The Hall–Kier alpha value is -2.10. The lowest BCUT2D eigenvalue weighted by atomic mass is 10.2. The van der Waals surface area contributed by atoms with Crippen LogP contribution in [0.4, 0.5) is 10.1 Å². The van der Waals surface area contributed by atoms with E-state index in [9.17, 15) is 12.8 Å². The molecular formula is C14H10ClFN2O2S. The lowest BCUT2D eigenvalue weighted by molar-refractivity contribution is 0.594. The summed E-state index contributed by atoms with van der Waals surface area (Å²) >= 11 is 5.91. The quantitative estimate of drug-likeness (QED) is 0.940. The number of nitrogens with zero attached hydrogens (tertiary/aromatic N) is 1. The smallest absolute Gasteiger partial charge is 0.262 e. The first-order valence-corrected chi connectivity index (χ1v) is 7.68. The third-order valence-corrected chi connectivity index (χ3v) is 4.62. The zero-order valence-corrected chi connectivity index (χ0v) is 12.5. The Labute approximate surface area is 126 Å². The van der Waals surface area contributed by atoms with Gasteiger partial charge in [0.15, 0.2) is 0 Å². The van der Waals surface area contributed by atoms with Gasteiger partial charge in [-0.25, -0.2) is 12.8 Å². The molecule has 0 aliphatic heterocycles. The highest BCUT2D eigenvalue weighted by Gasteiger charge is 2.19. The summed E-state index contributed by atoms with van der Waals surface area (Å²) in [6.07, 6.45) is 0. The highest BCUT2D eigenvalue weighted by atomic mass is 35.5. The zero-order chi connectivity index (χ0) is 15.6. The van der Waals surface area contributed by atoms with Crippen molar-refractivity contribution in [2.45, 2.75) is 11.8 Å². The van der Waals surface area contributed by atoms with Crippen molar-refractivity contribution in [3.63, 3.8) is 0 Å². The fourth-order valence-corrected chi connectivity index (χ4v) is 3.29. The van der Waals surface area contributed by atoms with E-state index in [1.807, 2.05) is 6.07 Å². The predicted octanol–water partition coefficient (Wildman–Crippen LogP) is 3.46. The number of sulfonamides is 1. The Kier molecular flexibility index (Phi) is 4.16. The van der Waals surface area contributed by atoms with Crippen LogP contribution < -0.4 is 4.72 Å². The van der Waals surface area contributed by atoms with Gasteiger partial charge in [0.25, 0.3) is 10.0 Å². The largest absolute Gasteiger partial charge is 0.278 e. The van der Waals surface area contributed by atoms with Gasteiger partial charge < -0.3 is 0 Å². The first kappa shape index (κ1) is 15.3. The number of aryl methyl sites for hydroxylation is 1. The summed E-state index contributed by atoms with van der Waals surface area (Å²) < 4.78 is 40.1. The number of nitrogens with one attached hydrogen (secondary N) is 1. The number of nitriles is 1. The van der Waals surface area contributed by atoms with Crippen LogP contribution in [0.1, 0.15) is 11.1 Å². The third kappa shape index (κ3) is 3.32. The molecule has 1 N–H and O–H groups in total. The lowest BCUT2D eigenvalue weighted by Crippen LogP contribution is -2.15. The Balaban J connectivity index is 2.47. The van der Waals surface area contributed by atoms with E-state index in [1.165, 1.54) is 30.3 Å². The van der Waals surface area contributed by atoms with E-state index >= 15 is 0 Å². The topological polar surface area (TPSA) is 70.0 Å². The Morgan fingerprint density at radius 1 is 1.24 bits per heavy atom. The van der Waals surface area contributed by atoms with Crippen LogP contribution >= 0.6 is 11.6 Å². The van der Waals surface area contributed by atoms with Crippen molar-refractivity contribution in [2.24, 2.45) is 0 Å². The second-order valence-corrected chi connectivity index (χ2v) is 6.38. The highest BCUT2D eigenvalue weighted by molar-refractivity contribution is 7.92. The molecule has 4 nitrogen and oxygen atoms in total. The van der Waals surface area contributed by atoms with Gasteiger partial charge in [-0.15, -0.1) is 0 Å². The third-order valence-electron chi connectivity index (χ3n) is 2.78. The number of hydrogen-bond acceptors (Lipinski definition) is 3. The molecule has 0 aromatic heterocycles. The number of anilines is 1. The molecular weight excluding hydrogens is 315 g/mol. The van der Waals surface area contributed by atoms with Gasteiger partial charge in [0.2, 0.25) is 0 Å². The van der Waals surface area contributed by atoms with Crippen molar-refractivity contribution < 1.29 is 12.8 Å². The fraction of sp³-hybridized carbons (Fsp3) is 0.0714. The van der Waals surface area contributed by atoms with Gasteiger partial charge in [-0.05, 0) is 42.8 Å². The molecule has 0 aliphatic rings. The second-order valence-electron chi connectivity index (χ2n) is 4.32. The summed E-state index contributed by atoms with van der Waals surface area (Å²) in [5.41, 5.74) is 0.726. The van der Waals surface area contributed by atoms with Crippen LogP contribution in [-0.2, 0) is 10.0 Å². The summed E-state index contributed by atoms with van der Waals surface area (Å²) in [5, 5.41) is 8.97. The summed E-state index contributed by atoms with van der Waals surface area (Å²) in [6, 6.07) is 9.56. The summed E-state index contributed by atoms with van der Waals surface area (Å²) in [6.45, 7) is 1.56. The van der Waals surface area contributed by atoms with Crippen LogP contribution in [0.25, 0.3) is 0 Å². The van der Waals surface area contributed by atoms with Gasteiger partial charge in [0.1, 0.15) is 5.82 Å². The van der Waals surface area contributed by atoms with Crippen LogP contribution in [0, 0.1) is 24.1 Å². The number of halogens is 2. The molecule has 0 heterocycles. The number of rotatable bonds is 3. The van der Waals surface area contributed by atoms with E-state index in [0.29, 0.717) is 5.56 Å². The van der Waals surface area contributed by atoms with Gasteiger partial charge in [0, 0.05) is 0 Å². The van der Waals surface area contributed by atoms with Gasteiger partial charge >= 0.3 is 0 Å². The highest BCUT2D eigenvalue weighted by Crippen LogP contribution is 2.27. The maximum absolute atomic E-state index is 13.3. The molecule has 0 bridgehead atoms. The summed E-state index contributed by atoms with van der Waals surface area (Å²) in [7, 11) is -4.00. The van der Waals surface area contributed by atoms with Crippen molar-refractivity contribution in [1.82, 2.24) is 0 Å². The fourth-order valence-electron chi connectivity index (χ4n) is 1.74. The van der Waals surface area contributed by atoms with Crippen LogP contribution in [0.2, 0.25) is 5.02 Å². The second kappa shape index (κ2) is 5.72. The molecule has 0 saturated heterocycles. The normalized spacial score (nSPS) is 11.0. The Bertz CT molecular complexity index is 845. The van der Waals surface area contributed by atoms with E-state index in [2.05, 4.69) is 4.72 Å². The zero-order valence-electron chi connectivity index (χ0n) is 10.9. The Morgan fingerprint density at radius 3 is 2.62 bits per heavy atom. The first-order valence-electron chi connectivity index (χ1n) is 5.82. The van der Waals surface area contributed by atoms with Crippen LogP contribution in [0.5, 0.6) is 0 Å². The summed E-state index contributed by atoms with van der Waals surface area (Å²) in [4.78, 5) is -0.180. The maximum Gasteiger partial charge on any atom is 0.262 e. The molecule has 0 saturated carbocycles. The molecule has 0 amide bonds. The van der Waals surface area contributed by atoms with Gasteiger partial charge in [-0.3, -0.25) is 4.72 Å². The van der Waals surface area contributed by atoms with Crippen molar-refractivity contribution in [3.8, 4) is 6.07 Å². The lowest BCUT2D eigenvalue weighted by Gasteiger charge is -2.12. The van der Waals surface area contributed by atoms with E-state index in [1.54, 1.807) is 6.92 Å². The average molecular weight is 325 g/mol.